The van der Waals surface area contributed by atoms with Gasteiger partial charge in [0.1, 0.15) is 0 Å². The quantitative estimate of drug-likeness (QED) is 0.475. The Morgan fingerprint density at radius 1 is 2.00 bits per heavy atom. The van der Waals surface area contributed by atoms with Crippen LogP contribution in [0, 0.1) is 0 Å². The zero-order valence-electron chi connectivity index (χ0n) is 2.97. The predicted octanol–water partition coefficient (Wildman–Crippen LogP) is 0.825. The van der Waals surface area contributed by atoms with E-state index in [-0.39, 0.29) is 0 Å². The second-order valence-electron chi connectivity index (χ2n) is 0.816. The minimum atomic E-state index is -0.604. The van der Waals surface area contributed by atoms with Crippen LogP contribution in [0.3, 0.4) is 0 Å². The maximum absolute atomic E-state index is 5.04. The van der Waals surface area contributed by atoms with Gasteiger partial charge in [0, 0.05) is 0 Å². The first-order chi connectivity index (χ1) is 2.39. The van der Waals surface area contributed by atoms with Gasteiger partial charge in [-0.1, -0.05) is 0 Å². The summed E-state index contributed by atoms with van der Waals surface area (Å²) in [6, 6.07) is 0. The van der Waals surface area contributed by atoms with Crippen LogP contribution in [-0.2, 0) is 3.73 Å². The second-order valence-corrected chi connectivity index (χ2v) is 7.99. The summed E-state index contributed by atoms with van der Waals surface area (Å²) >= 11 is -0.604. The van der Waals surface area contributed by atoms with E-state index in [1.165, 1.54) is 0 Å². The van der Waals surface area contributed by atoms with E-state index in [4.69, 9.17) is 3.73 Å². The molecule has 0 amide bonds. The standard InChI is InChI=1S/C2H5AsOS/c1-3-4-2-5-3/h2H2,1H3. The minimum absolute atomic E-state index is 0.604. The van der Waals surface area contributed by atoms with Crippen LogP contribution in [-0.4, -0.2) is 19.8 Å². The molecule has 0 aromatic carbocycles. The molecule has 0 aromatic rings. The van der Waals surface area contributed by atoms with Crippen molar-refractivity contribution in [2.45, 2.75) is 5.71 Å². The fraction of sp³-hybridized carbons (Fsp3) is 1.00. The average molecular weight is 152 g/mol. The second kappa shape index (κ2) is 1.54. The summed E-state index contributed by atoms with van der Waals surface area (Å²) in [5, 5.41) is 0. The van der Waals surface area contributed by atoms with E-state index in [0.717, 1.165) is 5.94 Å². The van der Waals surface area contributed by atoms with Crippen LogP contribution in [0.4, 0.5) is 0 Å². The molecule has 1 nitrogen and oxygen atoms in total. The fourth-order valence-corrected chi connectivity index (χ4v) is 2.46. The first-order valence-electron chi connectivity index (χ1n) is 1.39. The van der Waals surface area contributed by atoms with E-state index < -0.39 is 13.8 Å². The van der Waals surface area contributed by atoms with Gasteiger partial charge < -0.3 is 0 Å². The predicted molar refractivity (Wildman–Crippen MR) is 25.2 cm³/mol. The van der Waals surface area contributed by atoms with Gasteiger partial charge >= 0.3 is 39.2 Å². The van der Waals surface area contributed by atoms with Crippen LogP contribution in [0.1, 0.15) is 0 Å². The van der Waals surface area contributed by atoms with Crippen molar-refractivity contribution in [3.05, 3.63) is 0 Å². The van der Waals surface area contributed by atoms with Crippen molar-refractivity contribution < 1.29 is 3.73 Å². The van der Waals surface area contributed by atoms with E-state index >= 15 is 0 Å². The van der Waals surface area contributed by atoms with Gasteiger partial charge in [-0.15, -0.1) is 0 Å². The van der Waals surface area contributed by atoms with Crippen molar-refractivity contribution in [3.8, 4) is 0 Å². The van der Waals surface area contributed by atoms with E-state index in [1.54, 1.807) is 0 Å². The van der Waals surface area contributed by atoms with Crippen LogP contribution in [0.25, 0.3) is 0 Å². The maximum atomic E-state index is 5.04. The van der Waals surface area contributed by atoms with E-state index in [2.05, 4.69) is 5.71 Å². The molecule has 0 bridgehead atoms. The molecule has 1 fully saturated rings. The summed E-state index contributed by atoms with van der Waals surface area (Å²) < 4.78 is 5.04. The normalized spacial score (nSPS) is 36.6. The Balaban J connectivity index is 2.08. The molecule has 1 rings (SSSR count). The molecule has 1 aliphatic heterocycles. The van der Waals surface area contributed by atoms with E-state index in [1.807, 2.05) is 10.0 Å². The summed E-state index contributed by atoms with van der Waals surface area (Å²) in [7, 11) is 1.98. The SMILES string of the molecule is C[As]1OCS1. The molecule has 0 spiro atoms. The molecule has 0 saturated carbocycles. The zero-order valence-corrected chi connectivity index (χ0v) is 5.66. The number of hydrogen-bond donors (Lipinski definition) is 0. The Labute approximate surface area is 39.7 Å². The molecular formula is C2H5AsOS. The molecule has 1 aliphatic rings. The number of hydrogen-bond acceptors (Lipinski definition) is 2. The average Bonchev–Trinajstić information content (AvgIpc) is 1.30. The summed E-state index contributed by atoms with van der Waals surface area (Å²) in [4.78, 5) is 0. The van der Waals surface area contributed by atoms with Crippen molar-refractivity contribution >= 4 is 23.9 Å². The monoisotopic (exact) mass is 152 g/mol. The van der Waals surface area contributed by atoms with Crippen molar-refractivity contribution in [1.82, 2.24) is 0 Å². The van der Waals surface area contributed by atoms with Gasteiger partial charge in [-0.05, 0) is 0 Å². The Bertz CT molecular complexity index is 36.6. The Kier molecular flexibility index (Phi) is 1.25. The molecule has 5 heavy (non-hydrogen) atoms. The van der Waals surface area contributed by atoms with Gasteiger partial charge in [0.05, 0.1) is 0 Å². The Morgan fingerprint density at radius 2 is 2.40 bits per heavy atom. The van der Waals surface area contributed by atoms with Gasteiger partial charge in [0.2, 0.25) is 0 Å². The first kappa shape index (κ1) is 4.04. The van der Waals surface area contributed by atoms with Gasteiger partial charge in [0.25, 0.3) is 0 Å². The van der Waals surface area contributed by atoms with Crippen molar-refractivity contribution in [2.75, 3.05) is 5.94 Å². The van der Waals surface area contributed by atoms with E-state index in [9.17, 15) is 0 Å². The third kappa shape index (κ3) is 0.849. The van der Waals surface area contributed by atoms with Crippen LogP contribution >= 0.6 is 10.0 Å². The first-order valence-corrected chi connectivity index (χ1v) is 7.27. The van der Waals surface area contributed by atoms with E-state index in [0.29, 0.717) is 0 Å². The number of rotatable bonds is 0. The van der Waals surface area contributed by atoms with Gasteiger partial charge in [-0.25, -0.2) is 0 Å². The van der Waals surface area contributed by atoms with Gasteiger partial charge in [0.15, 0.2) is 0 Å². The molecule has 0 aromatic heterocycles. The van der Waals surface area contributed by atoms with Crippen LogP contribution in [0.15, 0.2) is 0 Å². The molecule has 1 saturated heterocycles. The molecular weight excluding hydrogens is 147 g/mol. The van der Waals surface area contributed by atoms with Crippen molar-refractivity contribution in [2.24, 2.45) is 0 Å². The summed E-state index contributed by atoms with van der Waals surface area (Å²) in [5.41, 5.74) is 2.20. The third-order valence-electron chi connectivity index (χ3n) is 0.469. The van der Waals surface area contributed by atoms with Crippen LogP contribution < -0.4 is 0 Å². The van der Waals surface area contributed by atoms with Crippen molar-refractivity contribution in [1.29, 1.82) is 0 Å². The van der Waals surface area contributed by atoms with Crippen LogP contribution in [0.2, 0.25) is 5.71 Å². The van der Waals surface area contributed by atoms with Gasteiger partial charge in [-0.2, -0.15) is 0 Å². The molecule has 1 unspecified atom stereocenters. The Hall–Kier alpha value is 0.868. The summed E-state index contributed by atoms with van der Waals surface area (Å²) in [6.45, 7) is 0. The third-order valence-corrected chi connectivity index (χ3v) is 5.97. The Morgan fingerprint density at radius 3 is 2.40 bits per heavy atom. The molecule has 1 heterocycles. The summed E-state index contributed by atoms with van der Waals surface area (Å²) in [5.74, 6) is 0.969. The molecule has 30 valence electrons. The molecule has 1 atom stereocenters. The molecule has 0 N–H and O–H groups in total. The molecule has 0 aliphatic carbocycles. The molecule has 3 heteroatoms. The van der Waals surface area contributed by atoms with Gasteiger partial charge in [-0.3, -0.25) is 0 Å². The topological polar surface area (TPSA) is 9.23 Å². The van der Waals surface area contributed by atoms with Crippen molar-refractivity contribution in [3.63, 3.8) is 0 Å². The molecule has 0 radical (unpaired) electrons. The fourth-order valence-electron chi connectivity index (χ4n) is 0.158. The summed E-state index contributed by atoms with van der Waals surface area (Å²) in [6.07, 6.45) is 0. The van der Waals surface area contributed by atoms with Crippen LogP contribution in [0.5, 0.6) is 0 Å². The zero-order chi connectivity index (χ0) is 3.70.